The maximum Gasteiger partial charge on any atom is 0.309 e. The van der Waals surface area contributed by atoms with Gasteiger partial charge in [0.1, 0.15) is 5.75 Å². The SMILES string of the molecule is CC(=O)Nc1c(O)ccc(Br)c1CC(C)(C)C(=O)O. The summed E-state index contributed by atoms with van der Waals surface area (Å²) in [5.74, 6) is -1.37. The van der Waals surface area contributed by atoms with Gasteiger partial charge in [-0.1, -0.05) is 15.9 Å². The third-order valence-electron chi connectivity index (χ3n) is 2.73. The molecule has 0 aliphatic rings. The van der Waals surface area contributed by atoms with Crippen LogP contribution in [0.5, 0.6) is 5.75 Å². The van der Waals surface area contributed by atoms with Crippen LogP contribution in [0.15, 0.2) is 16.6 Å². The summed E-state index contributed by atoms with van der Waals surface area (Å²) in [6.45, 7) is 4.50. The van der Waals surface area contributed by atoms with Crippen LogP contribution in [0.3, 0.4) is 0 Å². The van der Waals surface area contributed by atoms with Crippen LogP contribution in [0.25, 0.3) is 0 Å². The Balaban J connectivity index is 3.29. The lowest BCUT2D eigenvalue weighted by Crippen LogP contribution is -2.27. The molecule has 0 fully saturated rings. The van der Waals surface area contributed by atoms with Crippen LogP contribution in [0.4, 0.5) is 5.69 Å². The van der Waals surface area contributed by atoms with Crippen LogP contribution >= 0.6 is 15.9 Å². The molecule has 0 aromatic heterocycles. The minimum absolute atomic E-state index is 0.0883. The van der Waals surface area contributed by atoms with Crippen molar-refractivity contribution in [1.29, 1.82) is 0 Å². The molecule has 0 bridgehead atoms. The largest absolute Gasteiger partial charge is 0.506 e. The highest BCUT2D eigenvalue weighted by atomic mass is 79.9. The summed E-state index contributed by atoms with van der Waals surface area (Å²) in [4.78, 5) is 22.4. The van der Waals surface area contributed by atoms with Gasteiger partial charge in [0.25, 0.3) is 0 Å². The number of carbonyl (C=O) groups is 2. The zero-order chi connectivity index (χ0) is 14.8. The molecule has 1 amide bonds. The smallest absolute Gasteiger partial charge is 0.309 e. The van der Waals surface area contributed by atoms with Crippen molar-refractivity contribution in [2.75, 3.05) is 5.32 Å². The highest BCUT2D eigenvalue weighted by molar-refractivity contribution is 9.10. The second-order valence-corrected chi connectivity index (χ2v) is 5.82. The van der Waals surface area contributed by atoms with Crippen LogP contribution in [0.2, 0.25) is 0 Å². The molecule has 0 saturated carbocycles. The molecular formula is C13H16BrNO4. The van der Waals surface area contributed by atoms with E-state index >= 15 is 0 Å². The Hall–Kier alpha value is -1.56. The van der Waals surface area contributed by atoms with Crippen molar-refractivity contribution >= 4 is 33.5 Å². The summed E-state index contributed by atoms with van der Waals surface area (Å²) in [6, 6.07) is 3.06. The summed E-state index contributed by atoms with van der Waals surface area (Å²) in [5.41, 5.74) is -0.206. The molecule has 0 saturated heterocycles. The molecule has 0 spiro atoms. The Kier molecular flexibility index (Phi) is 4.57. The number of phenols is 1. The summed E-state index contributed by atoms with van der Waals surface area (Å²) >= 11 is 3.32. The summed E-state index contributed by atoms with van der Waals surface area (Å²) in [7, 11) is 0. The molecule has 0 radical (unpaired) electrons. The number of amides is 1. The average Bonchev–Trinajstić information content (AvgIpc) is 2.27. The molecule has 0 heterocycles. The number of benzene rings is 1. The number of aromatic hydroxyl groups is 1. The fourth-order valence-corrected chi connectivity index (χ4v) is 2.09. The number of rotatable bonds is 4. The van der Waals surface area contributed by atoms with Gasteiger partial charge in [-0.3, -0.25) is 9.59 Å². The zero-order valence-electron chi connectivity index (χ0n) is 11.0. The zero-order valence-corrected chi connectivity index (χ0v) is 12.5. The van der Waals surface area contributed by atoms with Crippen LogP contribution in [-0.2, 0) is 16.0 Å². The van der Waals surface area contributed by atoms with E-state index in [9.17, 15) is 19.8 Å². The Bertz CT molecular complexity index is 526. The lowest BCUT2D eigenvalue weighted by atomic mass is 9.85. The Labute approximate surface area is 119 Å². The molecule has 19 heavy (non-hydrogen) atoms. The van der Waals surface area contributed by atoms with Crippen LogP contribution in [0.1, 0.15) is 26.3 Å². The fourth-order valence-electron chi connectivity index (χ4n) is 1.62. The predicted molar refractivity (Wildman–Crippen MR) is 75.2 cm³/mol. The van der Waals surface area contributed by atoms with Gasteiger partial charge in [-0.05, 0) is 38.0 Å². The lowest BCUT2D eigenvalue weighted by molar-refractivity contribution is -0.146. The minimum Gasteiger partial charge on any atom is -0.506 e. The topological polar surface area (TPSA) is 86.6 Å². The molecule has 1 rings (SSSR count). The van der Waals surface area contributed by atoms with E-state index in [0.717, 1.165) is 0 Å². The first kappa shape index (κ1) is 15.5. The van der Waals surface area contributed by atoms with Gasteiger partial charge in [0.05, 0.1) is 11.1 Å². The second kappa shape index (κ2) is 5.61. The molecule has 104 valence electrons. The van der Waals surface area contributed by atoms with Crippen molar-refractivity contribution in [3.63, 3.8) is 0 Å². The molecule has 5 nitrogen and oxygen atoms in total. The van der Waals surface area contributed by atoms with E-state index in [4.69, 9.17) is 0 Å². The van der Waals surface area contributed by atoms with Crippen molar-refractivity contribution in [3.05, 3.63) is 22.2 Å². The number of nitrogens with one attached hydrogen (secondary N) is 1. The molecule has 0 atom stereocenters. The van der Waals surface area contributed by atoms with E-state index in [2.05, 4.69) is 21.2 Å². The molecule has 0 aliphatic heterocycles. The number of carboxylic acid groups (broad SMARTS) is 1. The van der Waals surface area contributed by atoms with Gasteiger partial charge in [0.2, 0.25) is 5.91 Å². The number of aliphatic carboxylic acids is 1. The first-order valence-corrected chi connectivity index (χ1v) is 6.46. The van der Waals surface area contributed by atoms with E-state index in [0.29, 0.717) is 10.0 Å². The van der Waals surface area contributed by atoms with Gasteiger partial charge in [0, 0.05) is 11.4 Å². The molecule has 0 unspecified atom stereocenters. The standard InChI is InChI=1S/C13H16BrNO4/c1-7(16)15-11-8(6-13(2,3)12(18)19)9(14)4-5-10(11)17/h4-5,17H,6H2,1-3H3,(H,15,16)(H,18,19). The first-order valence-electron chi connectivity index (χ1n) is 5.66. The molecular weight excluding hydrogens is 314 g/mol. The minimum atomic E-state index is -1.01. The summed E-state index contributed by atoms with van der Waals surface area (Å²) in [6.07, 6.45) is 0.174. The Morgan fingerprint density at radius 1 is 1.37 bits per heavy atom. The van der Waals surface area contributed by atoms with Crippen molar-refractivity contribution in [2.24, 2.45) is 5.41 Å². The number of halogens is 1. The number of carboxylic acids is 1. The van der Waals surface area contributed by atoms with Gasteiger partial charge in [0.15, 0.2) is 0 Å². The highest BCUT2D eigenvalue weighted by Gasteiger charge is 2.30. The van der Waals surface area contributed by atoms with E-state index in [1.165, 1.54) is 13.0 Å². The summed E-state index contributed by atoms with van der Waals surface area (Å²) < 4.78 is 0.642. The van der Waals surface area contributed by atoms with Gasteiger partial charge >= 0.3 is 5.97 Å². The number of hydrogen-bond acceptors (Lipinski definition) is 3. The second-order valence-electron chi connectivity index (χ2n) is 4.97. The third kappa shape index (κ3) is 3.70. The van der Waals surface area contributed by atoms with E-state index < -0.39 is 11.4 Å². The van der Waals surface area contributed by atoms with E-state index in [1.807, 2.05) is 0 Å². The number of carbonyl (C=O) groups excluding carboxylic acids is 1. The van der Waals surface area contributed by atoms with Crippen molar-refractivity contribution < 1.29 is 19.8 Å². The van der Waals surface area contributed by atoms with Crippen molar-refractivity contribution in [2.45, 2.75) is 27.2 Å². The third-order valence-corrected chi connectivity index (χ3v) is 3.48. The molecule has 1 aromatic rings. The Morgan fingerprint density at radius 2 is 1.95 bits per heavy atom. The van der Waals surface area contributed by atoms with Crippen LogP contribution in [-0.4, -0.2) is 22.1 Å². The molecule has 3 N–H and O–H groups in total. The van der Waals surface area contributed by atoms with Crippen LogP contribution in [0, 0.1) is 5.41 Å². The fraction of sp³-hybridized carbons (Fsp3) is 0.385. The highest BCUT2D eigenvalue weighted by Crippen LogP contribution is 2.37. The predicted octanol–water partition coefficient (Wildman–Crippen LogP) is 2.77. The van der Waals surface area contributed by atoms with Gasteiger partial charge in [-0.15, -0.1) is 0 Å². The van der Waals surface area contributed by atoms with Crippen molar-refractivity contribution in [1.82, 2.24) is 0 Å². The average molecular weight is 330 g/mol. The number of anilines is 1. The van der Waals surface area contributed by atoms with Gasteiger partial charge in [-0.2, -0.15) is 0 Å². The molecule has 6 heteroatoms. The van der Waals surface area contributed by atoms with Crippen molar-refractivity contribution in [3.8, 4) is 5.75 Å². The first-order chi connectivity index (χ1) is 8.65. The van der Waals surface area contributed by atoms with Crippen LogP contribution < -0.4 is 5.32 Å². The van der Waals surface area contributed by atoms with Gasteiger partial charge in [-0.25, -0.2) is 0 Å². The number of hydrogen-bond donors (Lipinski definition) is 3. The monoisotopic (exact) mass is 329 g/mol. The lowest BCUT2D eigenvalue weighted by Gasteiger charge is -2.22. The molecule has 0 aliphatic carbocycles. The summed E-state index contributed by atoms with van der Waals surface area (Å²) in [5, 5.41) is 21.5. The van der Waals surface area contributed by atoms with E-state index in [-0.39, 0.29) is 23.8 Å². The maximum absolute atomic E-state index is 11.2. The number of phenolic OH excluding ortho intramolecular Hbond substituents is 1. The van der Waals surface area contributed by atoms with E-state index in [1.54, 1.807) is 19.9 Å². The van der Waals surface area contributed by atoms with Gasteiger partial charge < -0.3 is 15.5 Å². The maximum atomic E-state index is 11.2. The normalized spacial score (nSPS) is 11.2. The quantitative estimate of drug-likeness (QED) is 0.741. The Morgan fingerprint density at radius 3 is 2.42 bits per heavy atom. The molecule has 1 aromatic carbocycles.